The van der Waals surface area contributed by atoms with Crippen molar-refractivity contribution in [3.63, 3.8) is 0 Å². The third-order valence-corrected chi connectivity index (χ3v) is 9.91. The minimum Gasteiger partial charge on any atom is -0.456 e. The van der Waals surface area contributed by atoms with Crippen molar-refractivity contribution in [1.82, 2.24) is 4.98 Å². The highest BCUT2D eigenvalue weighted by molar-refractivity contribution is 6.11. The van der Waals surface area contributed by atoms with Gasteiger partial charge in [-0.25, -0.2) is 0 Å². The van der Waals surface area contributed by atoms with Crippen LogP contribution in [0.4, 0.5) is 17.1 Å². The molecule has 10 aromatic rings. The lowest BCUT2D eigenvalue weighted by molar-refractivity contribution is 0.669. The monoisotopic (exact) mass is 638 g/mol. The Hall–Kier alpha value is -6.71. The van der Waals surface area contributed by atoms with Gasteiger partial charge in [0.25, 0.3) is 0 Å². The minimum absolute atomic E-state index is 0.854. The molecule has 2 heterocycles. The number of pyridine rings is 1. The summed E-state index contributed by atoms with van der Waals surface area (Å²) in [6.07, 6.45) is 3.72. The fourth-order valence-corrected chi connectivity index (χ4v) is 7.36. The van der Waals surface area contributed by atoms with E-state index >= 15 is 0 Å². The van der Waals surface area contributed by atoms with Crippen LogP contribution >= 0.6 is 0 Å². The molecule has 0 saturated carbocycles. The van der Waals surface area contributed by atoms with E-state index in [-0.39, 0.29) is 0 Å². The van der Waals surface area contributed by atoms with Gasteiger partial charge in [0.2, 0.25) is 0 Å². The third-order valence-electron chi connectivity index (χ3n) is 9.91. The van der Waals surface area contributed by atoms with E-state index in [1.807, 2.05) is 18.5 Å². The minimum atomic E-state index is 0.854. The number of aromatic nitrogens is 1. The Bertz CT molecular complexity index is 2850. The summed E-state index contributed by atoms with van der Waals surface area (Å²) >= 11 is 0. The summed E-state index contributed by atoms with van der Waals surface area (Å²) < 4.78 is 6.48. The van der Waals surface area contributed by atoms with Crippen molar-refractivity contribution in [1.29, 1.82) is 0 Å². The van der Waals surface area contributed by atoms with Crippen molar-refractivity contribution in [2.24, 2.45) is 0 Å². The Labute approximate surface area is 289 Å². The van der Waals surface area contributed by atoms with Crippen molar-refractivity contribution in [3.8, 4) is 22.3 Å². The number of anilines is 3. The predicted molar refractivity (Wildman–Crippen MR) is 210 cm³/mol. The maximum Gasteiger partial charge on any atom is 0.137 e. The van der Waals surface area contributed by atoms with E-state index in [0.29, 0.717) is 0 Å². The summed E-state index contributed by atoms with van der Waals surface area (Å²) in [5.41, 5.74) is 9.65. The van der Waals surface area contributed by atoms with Crippen LogP contribution < -0.4 is 4.90 Å². The lowest BCUT2D eigenvalue weighted by Gasteiger charge is -2.26. The molecule has 0 amide bonds. The van der Waals surface area contributed by atoms with Crippen LogP contribution in [0.3, 0.4) is 0 Å². The number of hydrogen-bond donors (Lipinski definition) is 0. The molecule has 3 heteroatoms. The van der Waals surface area contributed by atoms with Gasteiger partial charge in [-0.15, -0.1) is 0 Å². The van der Waals surface area contributed by atoms with E-state index in [1.165, 1.54) is 43.8 Å². The summed E-state index contributed by atoms with van der Waals surface area (Å²) in [7, 11) is 0. The van der Waals surface area contributed by atoms with Crippen LogP contribution in [0, 0.1) is 0 Å². The molecule has 0 saturated heterocycles. The molecule has 0 radical (unpaired) electrons. The average molecular weight is 639 g/mol. The molecule has 0 N–H and O–H groups in total. The van der Waals surface area contributed by atoms with E-state index in [9.17, 15) is 0 Å². The van der Waals surface area contributed by atoms with Crippen LogP contribution in [-0.2, 0) is 0 Å². The second kappa shape index (κ2) is 11.5. The third kappa shape index (κ3) is 4.79. The normalized spacial score (nSPS) is 11.6. The van der Waals surface area contributed by atoms with Crippen molar-refractivity contribution in [2.45, 2.75) is 0 Å². The number of furan rings is 1. The summed E-state index contributed by atoms with van der Waals surface area (Å²) in [6.45, 7) is 0. The molecule has 0 atom stereocenters. The smallest absolute Gasteiger partial charge is 0.137 e. The molecule has 0 bridgehead atoms. The van der Waals surface area contributed by atoms with E-state index in [2.05, 4.69) is 174 Å². The first kappa shape index (κ1) is 28.3. The molecule has 50 heavy (non-hydrogen) atoms. The molecular formula is C47H30N2O. The topological polar surface area (TPSA) is 29.3 Å². The Morgan fingerprint density at radius 1 is 0.360 bits per heavy atom. The van der Waals surface area contributed by atoms with E-state index < -0.39 is 0 Å². The van der Waals surface area contributed by atoms with Crippen LogP contribution in [-0.4, -0.2) is 4.98 Å². The largest absolute Gasteiger partial charge is 0.456 e. The van der Waals surface area contributed by atoms with Gasteiger partial charge in [-0.1, -0.05) is 103 Å². The van der Waals surface area contributed by atoms with Gasteiger partial charge in [0.1, 0.15) is 11.2 Å². The molecule has 0 aliphatic carbocycles. The van der Waals surface area contributed by atoms with Crippen molar-refractivity contribution < 1.29 is 4.42 Å². The van der Waals surface area contributed by atoms with Crippen molar-refractivity contribution in [2.75, 3.05) is 4.90 Å². The molecule has 234 valence electrons. The highest BCUT2D eigenvalue weighted by atomic mass is 16.3. The maximum absolute atomic E-state index is 6.48. The van der Waals surface area contributed by atoms with Crippen LogP contribution in [0.1, 0.15) is 0 Å². The summed E-state index contributed by atoms with van der Waals surface area (Å²) in [5.74, 6) is 0. The first-order valence-corrected chi connectivity index (χ1v) is 16.9. The molecule has 10 rings (SSSR count). The van der Waals surface area contributed by atoms with Gasteiger partial charge in [-0.05, 0) is 110 Å². The zero-order valence-electron chi connectivity index (χ0n) is 27.1. The fourth-order valence-electron chi connectivity index (χ4n) is 7.36. The molecule has 0 aliphatic heterocycles. The predicted octanol–water partition coefficient (Wildman–Crippen LogP) is 13.2. The maximum atomic E-state index is 6.48. The SMILES string of the molecule is c1ccc(-c2ccc(N(c3ccc(-c4ccc5c(ccc6ccccc65)c4)cc3)c3ccc4c(c3)oc3cc5cnccc5cc34)cc2)cc1. The Kier molecular flexibility index (Phi) is 6.49. The Morgan fingerprint density at radius 2 is 0.980 bits per heavy atom. The van der Waals surface area contributed by atoms with Crippen LogP contribution in [0.15, 0.2) is 187 Å². The first-order valence-electron chi connectivity index (χ1n) is 16.9. The molecule has 0 fully saturated rings. The van der Waals surface area contributed by atoms with Gasteiger partial charge in [-0.2, -0.15) is 0 Å². The number of fused-ring (bicyclic) bond motifs is 7. The van der Waals surface area contributed by atoms with E-state index in [0.717, 1.165) is 49.8 Å². The molecule has 8 aromatic carbocycles. The van der Waals surface area contributed by atoms with Gasteiger partial charge in [0.15, 0.2) is 0 Å². The Balaban J connectivity index is 1.07. The number of rotatable bonds is 5. The molecular weight excluding hydrogens is 609 g/mol. The molecule has 2 aromatic heterocycles. The first-order chi connectivity index (χ1) is 24.7. The van der Waals surface area contributed by atoms with Crippen LogP contribution in [0.2, 0.25) is 0 Å². The number of hydrogen-bond acceptors (Lipinski definition) is 3. The van der Waals surface area contributed by atoms with E-state index in [1.54, 1.807) is 0 Å². The van der Waals surface area contributed by atoms with Crippen LogP contribution in [0.25, 0.3) is 76.5 Å². The van der Waals surface area contributed by atoms with E-state index in [4.69, 9.17) is 4.42 Å². The summed E-state index contributed by atoms with van der Waals surface area (Å²) in [5, 5.41) is 9.50. The summed E-state index contributed by atoms with van der Waals surface area (Å²) in [6, 6.07) is 60.9. The molecule has 3 nitrogen and oxygen atoms in total. The van der Waals surface area contributed by atoms with Crippen molar-refractivity contribution >= 4 is 71.3 Å². The average Bonchev–Trinajstić information content (AvgIpc) is 3.54. The molecule has 0 aliphatic rings. The highest BCUT2D eigenvalue weighted by Gasteiger charge is 2.17. The van der Waals surface area contributed by atoms with Gasteiger partial charge < -0.3 is 9.32 Å². The van der Waals surface area contributed by atoms with Crippen LogP contribution in [0.5, 0.6) is 0 Å². The van der Waals surface area contributed by atoms with Gasteiger partial charge in [0, 0.05) is 51.7 Å². The molecule has 0 unspecified atom stereocenters. The zero-order chi connectivity index (χ0) is 33.0. The lowest BCUT2D eigenvalue weighted by Crippen LogP contribution is -2.09. The number of nitrogens with zero attached hydrogens (tertiary/aromatic N) is 2. The fraction of sp³-hybridized carbons (Fsp3) is 0. The zero-order valence-corrected chi connectivity index (χ0v) is 27.1. The highest BCUT2D eigenvalue weighted by Crippen LogP contribution is 2.40. The second-order valence-electron chi connectivity index (χ2n) is 12.9. The Morgan fingerprint density at radius 3 is 1.80 bits per heavy atom. The second-order valence-corrected chi connectivity index (χ2v) is 12.9. The standard InChI is InChI=1S/C47H30N2O/c1-2-6-31(7-3-1)32-12-17-39(18-13-32)49(41-21-23-44-45-27-36-24-25-48-30-38(36)28-46(45)50-47(44)29-41)40-19-14-33(15-20-40)35-16-22-43-37(26-35)11-10-34-8-4-5-9-42(34)43/h1-30H. The van der Waals surface area contributed by atoms with Crippen molar-refractivity contribution in [3.05, 3.63) is 182 Å². The van der Waals surface area contributed by atoms with Gasteiger partial charge in [0.05, 0.1) is 0 Å². The lowest BCUT2D eigenvalue weighted by atomic mass is 9.97. The van der Waals surface area contributed by atoms with Gasteiger partial charge in [-0.3, -0.25) is 4.98 Å². The number of benzene rings is 8. The van der Waals surface area contributed by atoms with Gasteiger partial charge >= 0.3 is 0 Å². The quantitative estimate of drug-likeness (QED) is 0.176. The molecule has 0 spiro atoms. The summed E-state index contributed by atoms with van der Waals surface area (Å²) in [4.78, 5) is 6.61.